The van der Waals surface area contributed by atoms with Gasteiger partial charge >= 0.3 is 0 Å². The summed E-state index contributed by atoms with van der Waals surface area (Å²) >= 11 is 0. The number of nitrogens with two attached hydrogens (primary N) is 1. The SMILES string of the molecule is C=CC1=CC(C)N(C/C=C/C(N)CCCC)CCN1C. The molecule has 3 heteroatoms. The summed E-state index contributed by atoms with van der Waals surface area (Å²) in [7, 11) is 2.13. The summed E-state index contributed by atoms with van der Waals surface area (Å²) < 4.78 is 0. The van der Waals surface area contributed by atoms with Gasteiger partial charge in [0, 0.05) is 44.5 Å². The Balaban J connectivity index is 2.49. The van der Waals surface area contributed by atoms with Crippen LogP contribution in [0.1, 0.15) is 33.1 Å². The lowest BCUT2D eigenvalue weighted by Gasteiger charge is -2.24. The van der Waals surface area contributed by atoms with E-state index in [4.69, 9.17) is 5.73 Å². The van der Waals surface area contributed by atoms with Gasteiger partial charge in [0.05, 0.1) is 0 Å². The van der Waals surface area contributed by atoms with Gasteiger partial charge in [0.25, 0.3) is 0 Å². The quantitative estimate of drug-likeness (QED) is 0.726. The fourth-order valence-corrected chi connectivity index (χ4v) is 2.48. The monoisotopic (exact) mass is 277 g/mol. The topological polar surface area (TPSA) is 32.5 Å². The van der Waals surface area contributed by atoms with E-state index in [0.29, 0.717) is 6.04 Å². The highest BCUT2D eigenvalue weighted by Gasteiger charge is 2.16. The summed E-state index contributed by atoms with van der Waals surface area (Å²) in [5.74, 6) is 0. The van der Waals surface area contributed by atoms with E-state index < -0.39 is 0 Å². The second kappa shape index (κ2) is 8.98. The lowest BCUT2D eigenvalue weighted by molar-refractivity contribution is 0.256. The van der Waals surface area contributed by atoms with Crippen molar-refractivity contribution >= 4 is 0 Å². The van der Waals surface area contributed by atoms with Crippen molar-refractivity contribution in [3.8, 4) is 0 Å². The first-order valence-electron chi connectivity index (χ1n) is 7.80. The Hall–Kier alpha value is -1.06. The first-order valence-corrected chi connectivity index (χ1v) is 7.80. The molecule has 0 radical (unpaired) electrons. The maximum absolute atomic E-state index is 6.07. The maximum atomic E-state index is 6.07. The normalized spacial score (nSPS) is 22.7. The molecule has 3 nitrogen and oxygen atoms in total. The van der Waals surface area contributed by atoms with Crippen LogP contribution in [0, 0.1) is 0 Å². The number of unbranched alkanes of at least 4 members (excludes halogenated alkanes) is 1. The Morgan fingerprint density at radius 3 is 2.90 bits per heavy atom. The molecule has 1 aliphatic heterocycles. The fraction of sp³-hybridized carbons (Fsp3) is 0.647. The molecule has 1 aliphatic rings. The molecule has 0 bridgehead atoms. The summed E-state index contributed by atoms with van der Waals surface area (Å²) in [5.41, 5.74) is 7.29. The zero-order chi connectivity index (χ0) is 15.0. The molecule has 0 saturated heterocycles. The lowest BCUT2D eigenvalue weighted by Crippen LogP contribution is -2.35. The molecular weight excluding hydrogens is 246 g/mol. The van der Waals surface area contributed by atoms with E-state index >= 15 is 0 Å². The molecule has 0 amide bonds. The van der Waals surface area contributed by atoms with Crippen molar-refractivity contribution in [1.29, 1.82) is 0 Å². The van der Waals surface area contributed by atoms with Crippen molar-refractivity contribution in [2.75, 3.05) is 26.7 Å². The molecule has 114 valence electrons. The minimum absolute atomic E-state index is 0.208. The first-order chi connectivity index (χ1) is 9.58. The van der Waals surface area contributed by atoms with E-state index in [1.165, 1.54) is 18.5 Å². The van der Waals surface area contributed by atoms with E-state index in [0.717, 1.165) is 26.1 Å². The number of hydrogen-bond donors (Lipinski definition) is 1. The van der Waals surface area contributed by atoms with Crippen molar-refractivity contribution in [3.05, 3.63) is 36.6 Å². The highest BCUT2D eigenvalue weighted by atomic mass is 15.2. The van der Waals surface area contributed by atoms with Gasteiger partial charge < -0.3 is 10.6 Å². The van der Waals surface area contributed by atoms with Crippen molar-refractivity contribution in [2.45, 2.75) is 45.2 Å². The number of nitrogens with zero attached hydrogens (tertiary/aromatic N) is 2. The number of hydrogen-bond acceptors (Lipinski definition) is 3. The van der Waals surface area contributed by atoms with Gasteiger partial charge in [-0.2, -0.15) is 0 Å². The zero-order valence-electron chi connectivity index (χ0n) is 13.4. The van der Waals surface area contributed by atoms with Crippen LogP contribution in [0.3, 0.4) is 0 Å². The third kappa shape index (κ3) is 5.51. The molecule has 0 aliphatic carbocycles. The smallest absolute Gasteiger partial charge is 0.0333 e. The Labute approximate surface area is 124 Å². The molecule has 20 heavy (non-hydrogen) atoms. The number of likely N-dealkylation sites (N-methyl/N-ethyl adjacent to an activating group) is 1. The van der Waals surface area contributed by atoms with Crippen LogP contribution in [0.2, 0.25) is 0 Å². The third-order valence-corrected chi connectivity index (χ3v) is 3.97. The van der Waals surface area contributed by atoms with Gasteiger partial charge in [-0.3, -0.25) is 4.90 Å². The average molecular weight is 277 g/mol. The Morgan fingerprint density at radius 2 is 2.25 bits per heavy atom. The molecule has 2 N–H and O–H groups in total. The van der Waals surface area contributed by atoms with Gasteiger partial charge in [0.15, 0.2) is 0 Å². The zero-order valence-corrected chi connectivity index (χ0v) is 13.4. The van der Waals surface area contributed by atoms with Gasteiger partial charge in [0.2, 0.25) is 0 Å². The predicted octanol–water partition coefficient (Wildman–Crippen LogP) is 2.77. The van der Waals surface area contributed by atoms with Crippen molar-refractivity contribution in [3.63, 3.8) is 0 Å². The molecule has 0 aromatic rings. The summed E-state index contributed by atoms with van der Waals surface area (Å²) in [6, 6.07) is 0.642. The van der Waals surface area contributed by atoms with Crippen molar-refractivity contribution < 1.29 is 0 Å². The summed E-state index contributed by atoms with van der Waals surface area (Å²) in [5, 5.41) is 0. The Kier molecular flexibility index (Phi) is 7.63. The highest BCUT2D eigenvalue weighted by molar-refractivity contribution is 5.18. The molecule has 0 saturated carbocycles. The lowest BCUT2D eigenvalue weighted by atomic mass is 10.1. The van der Waals surface area contributed by atoms with Crippen LogP contribution in [0.25, 0.3) is 0 Å². The molecule has 0 aromatic heterocycles. The third-order valence-electron chi connectivity index (χ3n) is 3.97. The summed E-state index contributed by atoms with van der Waals surface area (Å²) in [6.07, 6.45) is 12.1. The molecule has 0 spiro atoms. The van der Waals surface area contributed by atoms with Crippen LogP contribution in [0.4, 0.5) is 0 Å². The Bertz CT molecular complexity index is 346. The summed E-state index contributed by atoms with van der Waals surface area (Å²) in [4.78, 5) is 4.73. The van der Waals surface area contributed by atoms with Crippen molar-refractivity contribution in [2.24, 2.45) is 5.73 Å². The standard InChI is InChI=1S/C17H31N3/c1-5-7-9-16(18)10-8-11-20-13-12-19(4)17(6-2)14-15(20)3/h6,8,10,14-16H,2,5,7,9,11-13,18H2,1,3-4H3/b10-8+. The molecule has 1 heterocycles. The van der Waals surface area contributed by atoms with Gasteiger partial charge in [-0.05, 0) is 25.5 Å². The van der Waals surface area contributed by atoms with Gasteiger partial charge in [-0.1, -0.05) is 38.5 Å². The second-order valence-electron chi connectivity index (χ2n) is 5.69. The van der Waals surface area contributed by atoms with E-state index in [1.807, 2.05) is 6.08 Å². The molecule has 2 atom stereocenters. The van der Waals surface area contributed by atoms with Gasteiger partial charge in [-0.15, -0.1) is 0 Å². The minimum atomic E-state index is 0.208. The van der Waals surface area contributed by atoms with Crippen LogP contribution in [-0.2, 0) is 0 Å². The number of rotatable bonds is 7. The van der Waals surface area contributed by atoms with E-state index in [1.54, 1.807) is 0 Å². The van der Waals surface area contributed by atoms with Crippen LogP contribution in [0.5, 0.6) is 0 Å². The predicted molar refractivity (Wildman–Crippen MR) is 88.6 cm³/mol. The molecule has 1 rings (SSSR count). The van der Waals surface area contributed by atoms with Crippen LogP contribution < -0.4 is 5.73 Å². The van der Waals surface area contributed by atoms with E-state index in [9.17, 15) is 0 Å². The van der Waals surface area contributed by atoms with Crippen LogP contribution in [0.15, 0.2) is 36.6 Å². The van der Waals surface area contributed by atoms with Gasteiger partial charge in [-0.25, -0.2) is 0 Å². The molecule has 0 fully saturated rings. The fourth-order valence-electron chi connectivity index (χ4n) is 2.48. The average Bonchev–Trinajstić information content (AvgIpc) is 2.57. The van der Waals surface area contributed by atoms with E-state index in [-0.39, 0.29) is 6.04 Å². The molecule has 0 aromatic carbocycles. The summed E-state index contributed by atoms with van der Waals surface area (Å²) in [6.45, 7) is 11.4. The minimum Gasteiger partial charge on any atom is -0.374 e. The highest BCUT2D eigenvalue weighted by Crippen LogP contribution is 2.13. The molecular formula is C17H31N3. The Morgan fingerprint density at radius 1 is 1.50 bits per heavy atom. The van der Waals surface area contributed by atoms with Crippen LogP contribution in [-0.4, -0.2) is 48.6 Å². The van der Waals surface area contributed by atoms with Crippen molar-refractivity contribution in [1.82, 2.24) is 9.80 Å². The van der Waals surface area contributed by atoms with E-state index in [2.05, 4.69) is 55.5 Å². The number of allylic oxidation sites excluding steroid dienone is 1. The second-order valence-corrected chi connectivity index (χ2v) is 5.69. The van der Waals surface area contributed by atoms with Crippen LogP contribution >= 0.6 is 0 Å². The largest absolute Gasteiger partial charge is 0.374 e. The van der Waals surface area contributed by atoms with Gasteiger partial charge in [0.1, 0.15) is 0 Å². The maximum Gasteiger partial charge on any atom is 0.0333 e. The molecule has 2 unspecified atom stereocenters. The first kappa shape index (κ1) is 17.0.